The Kier molecular flexibility index (Phi) is 3.98. The van der Waals surface area contributed by atoms with Crippen LogP contribution in [0.4, 0.5) is 11.4 Å². The first-order valence-corrected chi connectivity index (χ1v) is 4.90. The molecule has 0 atom stereocenters. The second-order valence-electron chi connectivity index (χ2n) is 3.01. The summed E-state index contributed by atoms with van der Waals surface area (Å²) in [5.41, 5.74) is 1.87. The van der Waals surface area contributed by atoms with Gasteiger partial charge in [-0.2, -0.15) is 0 Å². The number of amides is 1. The van der Waals surface area contributed by atoms with Crippen molar-refractivity contribution in [2.75, 3.05) is 17.2 Å². The summed E-state index contributed by atoms with van der Waals surface area (Å²) >= 11 is 0. The van der Waals surface area contributed by atoms with Gasteiger partial charge in [0.15, 0.2) is 0 Å². The fraction of sp³-hybridized carbons (Fsp3) is 0.364. The maximum atomic E-state index is 11.1. The first-order valence-electron chi connectivity index (χ1n) is 4.90. The van der Waals surface area contributed by atoms with Crippen molar-refractivity contribution in [3.8, 4) is 0 Å². The fourth-order valence-corrected chi connectivity index (χ4v) is 1.16. The van der Waals surface area contributed by atoms with E-state index in [4.69, 9.17) is 0 Å². The van der Waals surface area contributed by atoms with E-state index in [1.807, 2.05) is 38.1 Å². The Morgan fingerprint density at radius 1 is 1.29 bits per heavy atom. The molecule has 0 aliphatic carbocycles. The van der Waals surface area contributed by atoms with Gasteiger partial charge in [-0.05, 0) is 25.1 Å². The average molecular weight is 192 g/mol. The molecule has 76 valence electrons. The van der Waals surface area contributed by atoms with Crippen LogP contribution in [0.25, 0.3) is 0 Å². The zero-order valence-electron chi connectivity index (χ0n) is 8.63. The van der Waals surface area contributed by atoms with Gasteiger partial charge in [-0.1, -0.05) is 13.0 Å². The quantitative estimate of drug-likeness (QED) is 0.769. The zero-order valence-corrected chi connectivity index (χ0v) is 8.63. The lowest BCUT2D eigenvalue weighted by atomic mass is 10.2. The summed E-state index contributed by atoms with van der Waals surface area (Å²) in [7, 11) is 0. The second-order valence-corrected chi connectivity index (χ2v) is 3.01. The molecule has 0 bridgehead atoms. The number of rotatable bonds is 4. The summed E-state index contributed by atoms with van der Waals surface area (Å²) < 4.78 is 0. The van der Waals surface area contributed by atoms with Crippen LogP contribution in [0.2, 0.25) is 0 Å². The molecule has 0 heterocycles. The third-order valence-electron chi connectivity index (χ3n) is 1.85. The minimum Gasteiger partial charge on any atom is -0.385 e. The predicted molar refractivity (Wildman–Crippen MR) is 59.5 cm³/mol. The molecule has 0 aliphatic rings. The van der Waals surface area contributed by atoms with Gasteiger partial charge in [0.05, 0.1) is 0 Å². The third kappa shape index (κ3) is 3.09. The van der Waals surface area contributed by atoms with E-state index < -0.39 is 0 Å². The summed E-state index contributed by atoms with van der Waals surface area (Å²) in [4.78, 5) is 11.1. The smallest absolute Gasteiger partial charge is 0.224 e. The van der Waals surface area contributed by atoms with Gasteiger partial charge >= 0.3 is 0 Å². The van der Waals surface area contributed by atoms with Crippen molar-refractivity contribution < 1.29 is 4.79 Å². The topological polar surface area (TPSA) is 41.1 Å². The molecule has 14 heavy (non-hydrogen) atoms. The molecule has 0 aliphatic heterocycles. The fourth-order valence-electron chi connectivity index (χ4n) is 1.16. The largest absolute Gasteiger partial charge is 0.385 e. The van der Waals surface area contributed by atoms with Crippen LogP contribution in [0.15, 0.2) is 24.3 Å². The molecule has 1 aromatic rings. The highest BCUT2D eigenvalue weighted by atomic mass is 16.1. The van der Waals surface area contributed by atoms with Crippen LogP contribution < -0.4 is 10.6 Å². The van der Waals surface area contributed by atoms with E-state index in [0.29, 0.717) is 6.42 Å². The summed E-state index contributed by atoms with van der Waals surface area (Å²) in [6.45, 7) is 4.76. The van der Waals surface area contributed by atoms with Crippen molar-refractivity contribution >= 4 is 17.3 Å². The molecule has 3 heteroatoms. The Bertz CT molecular complexity index is 310. The Hall–Kier alpha value is -1.51. The van der Waals surface area contributed by atoms with Gasteiger partial charge in [0.25, 0.3) is 0 Å². The van der Waals surface area contributed by atoms with E-state index in [-0.39, 0.29) is 5.91 Å². The van der Waals surface area contributed by atoms with Gasteiger partial charge < -0.3 is 10.6 Å². The Balaban J connectivity index is 2.68. The molecule has 0 spiro atoms. The molecule has 3 nitrogen and oxygen atoms in total. The van der Waals surface area contributed by atoms with Gasteiger partial charge in [-0.3, -0.25) is 4.79 Å². The van der Waals surface area contributed by atoms with E-state index in [9.17, 15) is 4.79 Å². The second kappa shape index (κ2) is 5.27. The Morgan fingerprint density at radius 2 is 2.00 bits per heavy atom. The summed E-state index contributed by atoms with van der Waals surface area (Å²) in [5, 5.41) is 6.00. The molecule has 2 N–H and O–H groups in total. The van der Waals surface area contributed by atoms with Gasteiger partial charge in [0, 0.05) is 24.3 Å². The van der Waals surface area contributed by atoms with Gasteiger partial charge in [0.2, 0.25) is 5.91 Å². The maximum absolute atomic E-state index is 11.1. The van der Waals surface area contributed by atoms with E-state index in [1.165, 1.54) is 0 Å². The Labute approximate surface area is 84.5 Å². The SMILES string of the molecule is CCNc1cccc(NC(=O)CC)c1. The van der Waals surface area contributed by atoms with Crippen molar-refractivity contribution in [2.24, 2.45) is 0 Å². The average Bonchev–Trinajstić information content (AvgIpc) is 2.19. The number of nitrogens with one attached hydrogen (secondary N) is 2. The summed E-state index contributed by atoms with van der Waals surface area (Å²) in [6.07, 6.45) is 0.505. The van der Waals surface area contributed by atoms with Crippen LogP contribution in [0, 0.1) is 0 Å². The van der Waals surface area contributed by atoms with Crippen molar-refractivity contribution in [3.05, 3.63) is 24.3 Å². The normalized spacial score (nSPS) is 9.57. The molecule has 1 aromatic carbocycles. The summed E-state index contributed by atoms with van der Waals surface area (Å²) in [6, 6.07) is 7.71. The number of carbonyl (C=O) groups is 1. The summed E-state index contributed by atoms with van der Waals surface area (Å²) in [5.74, 6) is 0.0404. The number of hydrogen-bond acceptors (Lipinski definition) is 2. The van der Waals surface area contributed by atoms with Crippen LogP contribution in [-0.4, -0.2) is 12.5 Å². The first kappa shape index (κ1) is 10.6. The number of anilines is 2. The van der Waals surface area contributed by atoms with Crippen molar-refractivity contribution in [3.63, 3.8) is 0 Å². The predicted octanol–water partition coefficient (Wildman–Crippen LogP) is 2.47. The zero-order chi connectivity index (χ0) is 10.4. The van der Waals surface area contributed by atoms with Crippen LogP contribution in [-0.2, 0) is 4.79 Å². The lowest BCUT2D eigenvalue weighted by Crippen LogP contribution is -2.09. The van der Waals surface area contributed by atoms with Crippen molar-refractivity contribution in [1.82, 2.24) is 0 Å². The molecule has 0 radical (unpaired) electrons. The lowest BCUT2D eigenvalue weighted by Gasteiger charge is -2.07. The van der Waals surface area contributed by atoms with Crippen LogP contribution in [0.3, 0.4) is 0 Å². The highest BCUT2D eigenvalue weighted by molar-refractivity contribution is 5.90. The molecule has 1 rings (SSSR count). The number of benzene rings is 1. The van der Waals surface area contributed by atoms with Gasteiger partial charge in [-0.25, -0.2) is 0 Å². The molecule has 0 fully saturated rings. The van der Waals surface area contributed by atoms with Crippen molar-refractivity contribution in [1.29, 1.82) is 0 Å². The highest BCUT2D eigenvalue weighted by Gasteiger charge is 1.98. The molecular weight excluding hydrogens is 176 g/mol. The molecule has 1 amide bonds. The molecule has 0 aromatic heterocycles. The lowest BCUT2D eigenvalue weighted by molar-refractivity contribution is -0.115. The van der Waals surface area contributed by atoms with E-state index in [1.54, 1.807) is 0 Å². The van der Waals surface area contributed by atoms with E-state index in [2.05, 4.69) is 10.6 Å². The van der Waals surface area contributed by atoms with Crippen LogP contribution in [0.5, 0.6) is 0 Å². The van der Waals surface area contributed by atoms with E-state index >= 15 is 0 Å². The van der Waals surface area contributed by atoms with Crippen molar-refractivity contribution in [2.45, 2.75) is 20.3 Å². The third-order valence-corrected chi connectivity index (χ3v) is 1.85. The minimum atomic E-state index is 0.0404. The standard InChI is InChI=1S/C11H16N2O/c1-3-11(14)13-10-7-5-6-9(8-10)12-4-2/h5-8,12H,3-4H2,1-2H3,(H,13,14). The number of hydrogen-bond donors (Lipinski definition) is 2. The number of carbonyl (C=O) groups excluding carboxylic acids is 1. The van der Waals surface area contributed by atoms with Gasteiger partial charge in [0.1, 0.15) is 0 Å². The Morgan fingerprint density at radius 3 is 2.64 bits per heavy atom. The van der Waals surface area contributed by atoms with E-state index in [0.717, 1.165) is 17.9 Å². The molecule has 0 unspecified atom stereocenters. The van der Waals surface area contributed by atoms with Crippen LogP contribution >= 0.6 is 0 Å². The maximum Gasteiger partial charge on any atom is 0.224 e. The minimum absolute atomic E-state index is 0.0404. The highest BCUT2D eigenvalue weighted by Crippen LogP contribution is 2.14. The molecular formula is C11H16N2O. The van der Waals surface area contributed by atoms with Crippen LogP contribution in [0.1, 0.15) is 20.3 Å². The molecule has 0 saturated carbocycles. The molecule has 0 saturated heterocycles. The van der Waals surface area contributed by atoms with Gasteiger partial charge in [-0.15, -0.1) is 0 Å². The monoisotopic (exact) mass is 192 g/mol. The first-order chi connectivity index (χ1) is 6.76.